The van der Waals surface area contributed by atoms with Crippen molar-refractivity contribution < 1.29 is 4.74 Å². The summed E-state index contributed by atoms with van der Waals surface area (Å²) in [5.74, 6) is 1.29. The summed E-state index contributed by atoms with van der Waals surface area (Å²) in [5.41, 5.74) is 5.76. The largest absolute Gasteiger partial charge is 0.493 e. The Labute approximate surface area is 193 Å². The predicted molar refractivity (Wildman–Crippen MR) is 130 cm³/mol. The second-order valence-electron chi connectivity index (χ2n) is 9.46. The van der Waals surface area contributed by atoms with E-state index in [2.05, 4.69) is 52.9 Å². The number of nitrogens with zero attached hydrogens (tertiary/aromatic N) is 5. The normalized spacial score (nSPS) is 17.4. The molecule has 33 heavy (non-hydrogen) atoms. The maximum atomic E-state index is 13.1. The SMILES string of the molecule is CCc1cc2c(cc1-c1cc(OC)c3ncnn3c1)[nH]c(=O)n2C1CCCN(CC(C)C)C1. The molecule has 0 saturated carbocycles. The molecule has 0 aliphatic carbocycles. The van der Waals surface area contributed by atoms with E-state index in [1.165, 1.54) is 11.9 Å². The van der Waals surface area contributed by atoms with Crippen LogP contribution in [0.25, 0.3) is 27.8 Å². The van der Waals surface area contributed by atoms with E-state index in [0.717, 1.165) is 61.1 Å². The average molecular weight is 449 g/mol. The van der Waals surface area contributed by atoms with Crippen LogP contribution in [-0.2, 0) is 6.42 Å². The van der Waals surface area contributed by atoms with Crippen molar-refractivity contribution in [3.63, 3.8) is 0 Å². The minimum atomic E-state index is -0.0232. The average Bonchev–Trinajstić information content (AvgIpc) is 3.40. The highest BCUT2D eigenvalue weighted by molar-refractivity contribution is 5.85. The topological polar surface area (TPSA) is 80.5 Å². The highest BCUT2D eigenvalue weighted by Crippen LogP contribution is 2.33. The summed E-state index contributed by atoms with van der Waals surface area (Å²) in [6.07, 6.45) is 6.49. The highest BCUT2D eigenvalue weighted by Gasteiger charge is 2.25. The monoisotopic (exact) mass is 448 g/mol. The first-order valence-electron chi connectivity index (χ1n) is 11.9. The van der Waals surface area contributed by atoms with Gasteiger partial charge in [-0.2, -0.15) is 5.10 Å². The molecule has 0 spiro atoms. The number of hydrogen-bond donors (Lipinski definition) is 1. The maximum Gasteiger partial charge on any atom is 0.326 e. The molecule has 8 heteroatoms. The third-order valence-corrected chi connectivity index (χ3v) is 6.66. The molecule has 1 unspecified atom stereocenters. The number of aryl methyl sites for hydroxylation is 1. The summed E-state index contributed by atoms with van der Waals surface area (Å²) in [5, 5.41) is 4.30. The fraction of sp³-hybridized carbons (Fsp3) is 0.480. The van der Waals surface area contributed by atoms with Gasteiger partial charge in [0.1, 0.15) is 6.33 Å². The number of likely N-dealkylation sites (tertiary alicyclic amines) is 1. The number of benzene rings is 1. The predicted octanol–water partition coefficient (Wildman–Crippen LogP) is 3.90. The Hall–Kier alpha value is -3.13. The lowest BCUT2D eigenvalue weighted by Crippen LogP contribution is -2.40. The Balaban J connectivity index is 1.60. The number of aromatic nitrogens is 5. The maximum absolute atomic E-state index is 13.1. The quantitative estimate of drug-likeness (QED) is 0.484. The molecule has 8 nitrogen and oxygen atoms in total. The van der Waals surface area contributed by atoms with E-state index in [9.17, 15) is 4.79 Å². The van der Waals surface area contributed by atoms with Crippen LogP contribution in [0.4, 0.5) is 0 Å². The standard InChI is InChI=1S/C25H32N6O2/c1-5-17-9-22-21(11-20(17)18-10-23(33-4)24-26-15-27-30(24)13-18)28-25(32)31(22)19-7-6-8-29(14-19)12-16(2)3/h9-11,13,15-16,19H,5-8,12,14H2,1-4H3,(H,28,32). The van der Waals surface area contributed by atoms with Gasteiger partial charge in [-0.1, -0.05) is 20.8 Å². The summed E-state index contributed by atoms with van der Waals surface area (Å²) >= 11 is 0. The van der Waals surface area contributed by atoms with Crippen LogP contribution in [0.1, 0.15) is 45.2 Å². The molecule has 1 aliphatic heterocycles. The molecular formula is C25H32N6O2. The van der Waals surface area contributed by atoms with Crippen LogP contribution in [0.3, 0.4) is 0 Å². The Morgan fingerprint density at radius 3 is 2.88 bits per heavy atom. The van der Waals surface area contributed by atoms with Gasteiger partial charge >= 0.3 is 5.69 Å². The van der Waals surface area contributed by atoms with Gasteiger partial charge in [0.05, 0.1) is 24.2 Å². The fourth-order valence-corrected chi connectivity index (χ4v) is 5.26. The van der Waals surface area contributed by atoms with E-state index in [0.29, 0.717) is 17.3 Å². The van der Waals surface area contributed by atoms with Gasteiger partial charge in [0.25, 0.3) is 0 Å². The molecule has 174 valence electrons. The molecule has 0 amide bonds. The molecular weight excluding hydrogens is 416 g/mol. The molecule has 1 saturated heterocycles. The number of imidazole rings is 1. The smallest absolute Gasteiger partial charge is 0.326 e. The Kier molecular flexibility index (Phi) is 5.70. The lowest BCUT2D eigenvalue weighted by Gasteiger charge is -2.34. The van der Waals surface area contributed by atoms with Gasteiger partial charge in [0.2, 0.25) is 0 Å². The molecule has 1 N–H and O–H groups in total. The van der Waals surface area contributed by atoms with Crippen LogP contribution >= 0.6 is 0 Å². The lowest BCUT2D eigenvalue weighted by atomic mass is 9.97. The summed E-state index contributed by atoms with van der Waals surface area (Å²) in [7, 11) is 1.64. The van der Waals surface area contributed by atoms with Crippen molar-refractivity contribution >= 4 is 16.7 Å². The van der Waals surface area contributed by atoms with Crippen LogP contribution in [-0.4, -0.2) is 55.8 Å². The number of ether oxygens (including phenoxy) is 1. The van der Waals surface area contributed by atoms with Gasteiger partial charge < -0.3 is 14.6 Å². The molecule has 1 fully saturated rings. The van der Waals surface area contributed by atoms with Gasteiger partial charge in [0.15, 0.2) is 11.4 Å². The highest BCUT2D eigenvalue weighted by atomic mass is 16.5. The van der Waals surface area contributed by atoms with E-state index in [4.69, 9.17) is 4.74 Å². The number of H-pyrrole nitrogens is 1. The number of rotatable bonds is 6. The van der Waals surface area contributed by atoms with Gasteiger partial charge in [-0.05, 0) is 61.1 Å². The van der Waals surface area contributed by atoms with Crippen molar-refractivity contribution in [1.82, 2.24) is 29.0 Å². The van der Waals surface area contributed by atoms with Gasteiger partial charge in [0, 0.05) is 24.8 Å². The van der Waals surface area contributed by atoms with Crippen molar-refractivity contribution in [2.24, 2.45) is 5.92 Å². The van der Waals surface area contributed by atoms with Crippen LogP contribution in [0.15, 0.2) is 35.5 Å². The van der Waals surface area contributed by atoms with E-state index in [-0.39, 0.29) is 11.7 Å². The van der Waals surface area contributed by atoms with Crippen molar-refractivity contribution in [1.29, 1.82) is 0 Å². The van der Waals surface area contributed by atoms with Crippen LogP contribution in [0, 0.1) is 5.92 Å². The minimum Gasteiger partial charge on any atom is -0.493 e. The molecule has 0 bridgehead atoms. The summed E-state index contributed by atoms with van der Waals surface area (Å²) in [6.45, 7) is 9.77. The van der Waals surface area contributed by atoms with Crippen molar-refractivity contribution in [3.05, 3.63) is 46.8 Å². The van der Waals surface area contributed by atoms with Crippen molar-refractivity contribution in [2.75, 3.05) is 26.7 Å². The first-order valence-corrected chi connectivity index (χ1v) is 11.9. The summed E-state index contributed by atoms with van der Waals surface area (Å²) < 4.78 is 9.28. The zero-order valence-electron chi connectivity index (χ0n) is 19.8. The molecule has 4 aromatic rings. The van der Waals surface area contributed by atoms with Gasteiger partial charge in [-0.3, -0.25) is 4.57 Å². The lowest BCUT2D eigenvalue weighted by molar-refractivity contribution is 0.161. The third-order valence-electron chi connectivity index (χ3n) is 6.66. The Morgan fingerprint density at radius 1 is 1.27 bits per heavy atom. The van der Waals surface area contributed by atoms with Crippen LogP contribution in [0.2, 0.25) is 0 Å². The van der Waals surface area contributed by atoms with Crippen molar-refractivity contribution in [3.8, 4) is 16.9 Å². The number of pyridine rings is 1. The number of fused-ring (bicyclic) bond motifs is 2. The fourth-order valence-electron chi connectivity index (χ4n) is 5.26. The second-order valence-corrected chi connectivity index (χ2v) is 9.46. The number of hydrogen-bond acceptors (Lipinski definition) is 5. The van der Waals surface area contributed by atoms with Crippen LogP contribution in [0.5, 0.6) is 5.75 Å². The molecule has 5 rings (SSSR count). The number of nitrogens with one attached hydrogen (secondary N) is 1. The van der Waals surface area contributed by atoms with Crippen molar-refractivity contribution in [2.45, 2.75) is 46.1 Å². The summed E-state index contributed by atoms with van der Waals surface area (Å²) in [6, 6.07) is 6.46. The van der Waals surface area contributed by atoms with Gasteiger partial charge in [-0.15, -0.1) is 0 Å². The molecule has 1 aliphatic rings. The van der Waals surface area contributed by atoms with E-state index < -0.39 is 0 Å². The number of aromatic amines is 1. The van der Waals surface area contributed by atoms with E-state index in [1.807, 2.05) is 16.8 Å². The van der Waals surface area contributed by atoms with E-state index >= 15 is 0 Å². The second kappa shape index (κ2) is 8.67. The molecule has 0 radical (unpaired) electrons. The molecule has 1 atom stereocenters. The molecule has 4 heterocycles. The zero-order valence-corrected chi connectivity index (χ0v) is 19.8. The number of methoxy groups -OCH3 is 1. The first kappa shape index (κ1) is 21.7. The third kappa shape index (κ3) is 3.93. The van der Waals surface area contributed by atoms with Crippen LogP contribution < -0.4 is 10.4 Å². The first-order chi connectivity index (χ1) is 16.0. The summed E-state index contributed by atoms with van der Waals surface area (Å²) in [4.78, 5) is 23.0. The molecule has 1 aromatic carbocycles. The van der Waals surface area contributed by atoms with Gasteiger partial charge in [-0.25, -0.2) is 14.3 Å². The molecule has 3 aromatic heterocycles. The number of piperidine rings is 1. The van der Waals surface area contributed by atoms with E-state index in [1.54, 1.807) is 11.6 Å². The Bertz CT molecular complexity index is 1350. The Morgan fingerprint density at radius 2 is 2.12 bits per heavy atom. The minimum absolute atomic E-state index is 0.0232. The zero-order chi connectivity index (χ0) is 23.1.